The third-order valence-electron chi connectivity index (χ3n) is 4.77. The number of pyridine rings is 1. The molecular formula is C21H22N6O3. The smallest absolute Gasteiger partial charge is 0.253 e. The Balaban J connectivity index is 1.52. The third-order valence-corrected chi connectivity index (χ3v) is 4.77. The first-order chi connectivity index (χ1) is 14.8. The number of fused-ring (bicyclic) bond motifs is 1. The van der Waals surface area contributed by atoms with Crippen molar-refractivity contribution in [2.45, 2.75) is 6.42 Å². The molecule has 1 fully saturated rings. The molecule has 0 amide bonds. The average molecular weight is 406 g/mol. The number of nitriles is 1. The lowest BCUT2D eigenvalue weighted by atomic mass is 10.1. The van der Waals surface area contributed by atoms with Gasteiger partial charge in [-0.2, -0.15) is 10.2 Å². The van der Waals surface area contributed by atoms with Crippen LogP contribution in [0.15, 0.2) is 36.7 Å². The van der Waals surface area contributed by atoms with Gasteiger partial charge in [0.1, 0.15) is 11.9 Å². The van der Waals surface area contributed by atoms with Gasteiger partial charge >= 0.3 is 0 Å². The average Bonchev–Trinajstić information content (AvgIpc) is 3.30. The van der Waals surface area contributed by atoms with E-state index in [0.717, 1.165) is 29.5 Å². The molecule has 1 aliphatic rings. The van der Waals surface area contributed by atoms with Crippen molar-refractivity contribution >= 4 is 28.1 Å². The molecule has 2 aromatic heterocycles. The molecule has 30 heavy (non-hydrogen) atoms. The summed E-state index contributed by atoms with van der Waals surface area (Å²) in [5, 5.41) is 26.5. The van der Waals surface area contributed by atoms with Crippen LogP contribution in [0.25, 0.3) is 10.8 Å². The van der Waals surface area contributed by atoms with E-state index in [1.165, 1.54) is 6.20 Å². The Hall–Kier alpha value is -3.48. The van der Waals surface area contributed by atoms with Crippen LogP contribution in [0.1, 0.15) is 12.1 Å². The second-order valence-electron chi connectivity index (χ2n) is 6.93. The van der Waals surface area contributed by atoms with Gasteiger partial charge < -0.3 is 25.2 Å². The van der Waals surface area contributed by atoms with Gasteiger partial charge in [-0.3, -0.25) is 0 Å². The summed E-state index contributed by atoms with van der Waals surface area (Å²) in [6.45, 7) is 2.35. The minimum Gasteiger partial charge on any atom is -0.475 e. The number of nitrogens with one attached hydrogen (secondary N) is 2. The molecule has 0 aliphatic carbocycles. The maximum atomic E-state index is 9.29. The highest BCUT2D eigenvalue weighted by Gasteiger charge is 2.18. The second kappa shape index (κ2) is 9.35. The van der Waals surface area contributed by atoms with Gasteiger partial charge in [-0.1, -0.05) is 12.1 Å². The second-order valence-corrected chi connectivity index (χ2v) is 6.93. The fourth-order valence-corrected chi connectivity index (χ4v) is 3.24. The van der Waals surface area contributed by atoms with Crippen molar-refractivity contribution in [3.05, 3.63) is 42.4 Å². The zero-order valence-corrected chi connectivity index (χ0v) is 16.3. The van der Waals surface area contributed by atoms with Crippen LogP contribution in [0.4, 0.5) is 17.3 Å². The predicted molar refractivity (Wildman–Crippen MR) is 112 cm³/mol. The summed E-state index contributed by atoms with van der Waals surface area (Å²) < 4.78 is 11.1. The van der Waals surface area contributed by atoms with E-state index in [4.69, 9.17) is 14.6 Å². The summed E-state index contributed by atoms with van der Waals surface area (Å²) >= 11 is 0. The molecule has 9 nitrogen and oxygen atoms in total. The molecule has 1 aliphatic heterocycles. The van der Waals surface area contributed by atoms with E-state index in [1.807, 2.05) is 30.3 Å². The topological polar surface area (TPSA) is 125 Å². The monoisotopic (exact) mass is 406 g/mol. The first-order valence-corrected chi connectivity index (χ1v) is 9.75. The molecule has 3 N–H and O–H groups in total. The lowest BCUT2D eigenvalue weighted by molar-refractivity contribution is 0.165. The number of aliphatic hydroxyl groups is 1. The maximum Gasteiger partial charge on any atom is 0.253 e. The quantitative estimate of drug-likeness (QED) is 0.517. The molecule has 0 radical (unpaired) electrons. The van der Waals surface area contributed by atoms with Gasteiger partial charge in [0.05, 0.1) is 26.0 Å². The summed E-state index contributed by atoms with van der Waals surface area (Å²) in [5.74, 6) is 1.53. The molecule has 1 aromatic carbocycles. The van der Waals surface area contributed by atoms with Gasteiger partial charge in [0, 0.05) is 36.3 Å². The minimum absolute atomic E-state index is 0.0546. The first kappa shape index (κ1) is 19.8. The molecule has 1 saturated heterocycles. The Bertz CT molecular complexity index is 1060. The Morgan fingerprint density at radius 3 is 3.00 bits per heavy atom. The number of aromatic nitrogens is 3. The van der Waals surface area contributed by atoms with Crippen molar-refractivity contribution < 1.29 is 14.6 Å². The molecule has 154 valence electrons. The standard InChI is InChI=1S/C21H22N6O3/c22-9-18-21(30-13-14-4-7-29-12-14)27-20(11-24-18)26-19-8-15-2-1-3-17(23-5-6-28)16(15)10-25-19/h1-3,8,10-11,14,23,28H,4-7,12-13H2,(H,25,26,27). The molecule has 3 heterocycles. The van der Waals surface area contributed by atoms with Crippen LogP contribution in [0.3, 0.4) is 0 Å². The van der Waals surface area contributed by atoms with Gasteiger partial charge in [-0.05, 0) is 23.9 Å². The highest BCUT2D eigenvalue weighted by molar-refractivity contribution is 5.94. The van der Waals surface area contributed by atoms with E-state index in [0.29, 0.717) is 37.3 Å². The normalized spacial score (nSPS) is 15.7. The third kappa shape index (κ3) is 4.56. The summed E-state index contributed by atoms with van der Waals surface area (Å²) in [6, 6.07) is 9.77. The summed E-state index contributed by atoms with van der Waals surface area (Å²) in [7, 11) is 0. The zero-order valence-electron chi connectivity index (χ0n) is 16.3. The van der Waals surface area contributed by atoms with Crippen molar-refractivity contribution in [2.24, 2.45) is 5.92 Å². The number of rotatable bonds is 8. The van der Waals surface area contributed by atoms with Gasteiger partial charge in [0.2, 0.25) is 5.69 Å². The summed E-state index contributed by atoms with van der Waals surface area (Å²) in [6.07, 6.45) is 4.17. The largest absolute Gasteiger partial charge is 0.475 e. The SMILES string of the molecule is N#Cc1ncc(Nc2cc3cccc(NCCO)c3cn2)nc1OCC1CCOC1. The van der Waals surface area contributed by atoms with Crippen LogP contribution >= 0.6 is 0 Å². The fraction of sp³-hybridized carbons (Fsp3) is 0.333. The molecule has 0 spiro atoms. The van der Waals surface area contributed by atoms with E-state index in [-0.39, 0.29) is 18.2 Å². The van der Waals surface area contributed by atoms with Crippen molar-refractivity contribution in [1.29, 1.82) is 5.26 Å². The molecule has 0 bridgehead atoms. The molecule has 4 rings (SSSR count). The Morgan fingerprint density at radius 1 is 1.27 bits per heavy atom. The van der Waals surface area contributed by atoms with Crippen molar-refractivity contribution in [1.82, 2.24) is 15.0 Å². The van der Waals surface area contributed by atoms with Gasteiger partial charge in [0.15, 0.2) is 5.82 Å². The van der Waals surface area contributed by atoms with E-state index < -0.39 is 0 Å². The molecular weight excluding hydrogens is 384 g/mol. The van der Waals surface area contributed by atoms with Gasteiger partial charge in [0.25, 0.3) is 5.88 Å². The molecule has 0 saturated carbocycles. The lowest BCUT2D eigenvalue weighted by Gasteiger charge is -2.12. The summed E-state index contributed by atoms with van der Waals surface area (Å²) in [5.41, 5.74) is 1.05. The number of anilines is 3. The highest BCUT2D eigenvalue weighted by Crippen LogP contribution is 2.26. The van der Waals surface area contributed by atoms with Crippen LogP contribution in [-0.2, 0) is 4.74 Å². The van der Waals surface area contributed by atoms with Crippen molar-refractivity contribution in [2.75, 3.05) is 43.6 Å². The van der Waals surface area contributed by atoms with Gasteiger partial charge in [-0.15, -0.1) is 0 Å². The number of benzene rings is 1. The van der Waals surface area contributed by atoms with E-state index in [9.17, 15) is 5.26 Å². The predicted octanol–water partition coefficient (Wildman–Crippen LogP) is 2.46. The molecule has 3 aromatic rings. The molecule has 1 unspecified atom stereocenters. The number of nitrogens with zero attached hydrogens (tertiary/aromatic N) is 4. The minimum atomic E-state index is 0.0546. The van der Waals surface area contributed by atoms with E-state index in [1.54, 1.807) is 6.20 Å². The Labute approximate surface area is 173 Å². The number of aliphatic hydroxyl groups excluding tert-OH is 1. The van der Waals surface area contributed by atoms with Crippen LogP contribution in [0.2, 0.25) is 0 Å². The Kier molecular flexibility index (Phi) is 6.17. The van der Waals surface area contributed by atoms with Crippen LogP contribution in [0, 0.1) is 17.2 Å². The van der Waals surface area contributed by atoms with Crippen LogP contribution < -0.4 is 15.4 Å². The van der Waals surface area contributed by atoms with E-state index in [2.05, 4.69) is 25.6 Å². The van der Waals surface area contributed by atoms with Crippen LogP contribution in [0.5, 0.6) is 5.88 Å². The van der Waals surface area contributed by atoms with Crippen LogP contribution in [-0.4, -0.2) is 53.0 Å². The van der Waals surface area contributed by atoms with E-state index >= 15 is 0 Å². The fourth-order valence-electron chi connectivity index (χ4n) is 3.24. The summed E-state index contributed by atoms with van der Waals surface area (Å²) in [4.78, 5) is 13.0. The van der Waals surface area contributed by atoms with Crippen molar-refractivity contribution in [3.8, 4) is 11.9 Å². The van der Waals surface area contributed by atoms with Gasteiger partial charge in [-0.25, -0.2) is 9.97 Å². The number of hydrogen-bond donors (Lipinski definition) is 3. The van der Waals surface area contributed by atoms with Crippen molar-refractivity contribution in [3.63, 3.8) is 0 Å². The maximum absolute atomic E-state index is 9.29. The zero-order chi connectivity index (χ0) is 20.8. The lowest BCUT2D eigenvalue weighted by Crippen LogP contribution is -2.13. The first-order valence-electron chi connectivity index (χ1n) is 9.75. The Morgan fingerprint density at radius 2 is 2.20 bits per heavy atom. The molecule has 9 heteroatoms. The number of ether oxygens (including phenoxy) is 2. The molecule has 1 atom stereocenters. The highest BCUT2D eigenvalue weighted by atomic mass is 16.5. The number of hydrogen-bond acceptors (Lipinski definition) is 9.